The molecule has 1 aliphatic rings. The molecule has 23 heavy (non-hydrogen) atoms. The first-order valence-corrected chi connectivity index (χ1v) is 9.13. The summed E-state index contributed by atoms with van der Waals surface area (Å²) >= 11 is 0.715. The van der Waals surface area contributed by atoms with Gasteiger partial charge in [-0.3, -0.25) is 0 Å². The van der Waals surface area contributed by atoms with Gasteiger partial charge in [0.2, 0.25) is 0 Å². The molecule has 0 aliphatic heterocycles. The number of hydrogen-bond acceptors (Lipinski definition) is 4. The molecule has 0 saturated heterocycles. The second-order valence-electron chi connectivity index (χ2n) is 5.29. The van der Waals surface area contributed by atoms with Crippen LogP contribution in [0.15, 0.2) is 22.4 Å². The van der Waals surface area contributed by atoms with E-state index in [1.54, 1.807) is 0 Å². The maximum absolute atomic E-state index is 13.6. The van der Waals surface area contributed by atoms with Crippen molar-refractivity contribution >= 4 is 21.2 Å². The molecule has 2 aromatic rings. The third kappa shape index (κ3) is 3.07. The van der Waals surface area contributed by atoms with E-state index in [1.165, 1.54) is 0 Å². The molecule has 1 aromatic carbocycles. The summed E-state index contributed by atoms with van der Waals surface area (Å²) in [6, 6.07) is 2.75. The first-order chi connectivity index (χ1) is 10.6. The molecule has 0 spiro atoms. The van der Waals surface area contributed by atoms with Gasteiger partial charge in [0.15, 0.2) is 26.5 Å². The Morgan fingerprint density at radius 2 is 1.78 bits per heavy atom. The molecule has 0 saturated carbocycles. The molecule has 0 atom stereocenters. The largest absolute Gasteiger partial charge is 0.446 e. The molecule has 0 bridgehead atoms. The first kappa shape index (κ1) is 16.3. The summed E-state index contributed by atoms with van der Waals surface area (Å²) in [4.78, 5) is 0. The molecule has 1 aliphatic carbocycles. The number of sulfone groups is 1. The minimum atomic E-state index is -3.69. The van der Waals surface area contributed by atoms with E-state index in [2.05, 4.69) is 0 Å². The van der Waals surface area contributed by atoms with Gasteiger partial charge in [-0.25, -0.2) is 26.0 Å². The van der Waals surface area contributed by atoms with Gasteiger partial charge >= 0.3 is 0 Å². The first-order valence-electron chi connectivity index (χ1n) is 6.42. The Labute approximate surface area is 133 Å². The predicted molar refractivity (Wildman–Crippen MR) is 76.2 cm³/mol. The van der Waals surface area contributed by atoms with E-state index in [0.717, 1.165) is 24.5 Å². The molecule has 0 amide bonds. The SMILES string of the molecule is CS(=O)(=O)c1sc(Oc2ccc(F)c(F)c2)c2c1CC(F)(F)C2. The van der Waals surface area contributed by atoms with Crippen molar-refractivity contribution in [3.05, 3.63) is 41.0 Å². The van der Waals surface area contributed by atoms with E-state index < -0.39 is 40.2 Å². The molecule has 1 aromatic heterocycles. The standard InChI is InChI=1S/C14H10F4O3S2/c1-23(19,20)13-9-6-14(17,18)5-8(9)12(22-13)21-7-2-3-10(15)11(16)4-7/h2-4H,5-6H2,1H3. The quantitative estimate of drug-likeness (QED) is 0.773. The van der Waals surface area contributed by atoms with E-state index >= 15 is 0 Å². The number of halogens is 4. The normalized spacial score (nSPS) is 16.4. The molecule has 0 N–H and O–H groups in total. The van der Waals surface area contributed by atoms with Crippen LogP contribution in [0.25, 0.3) is 0 Å². The maximum atomic E-state index is 13.6. The van der Waals surface area contributed by atoms with Crippen molar-refractivity contribution in [1.29, 1.82) is 0 Å². The molecule has 0 fully saturated rings. The Morgan fingerprint density at radius 3 is 2.39 bits per heavy atom. The average Bonchev–Trinajstić information content (AvgIpc) is 2.88. The molecule has 0 unspecified atom stereocenters. The summed E-state index contributed by atoms with van der Waals surface area (Å²) < 4.78 is 82.1. The van der Waals surface area contributed by atoms with Gasteiger partial charge < -0.3 is 4.74 Å². The third-order valence-corrected chi connectivity index (χ3v) is 6.38. The van der Waals surface area contributed by atoms with Crippen LogP contribution < -0.4 is 4.74 Å². The van der Waals surface area contributed by atoms with Crippen LogP contribution in [0.5, 0.6) is 10.8 Å². The molecule has 3 nitrogen and oxygen atoms in total. The summed E-state index contributed by atoms with van der Waals surface area (Å²) in [7, 11) is -3.69. The third-order valence-electron chi connectivity index (χ3n) is 3.35. The highest BCUT2D eigenvalue weighted by Crippen LogP contribution is 2.49. The molecule has 1 heterocycles. The van der Waals surface area contributed by atoms with Crippen molar-refractivity contribution in [1.82, 2.24) is 0 Å². The second-order valence-corrected chi connectivity index (χ2v) is 8.49. The molecular formula is C14H10F4O3S2. The van der Waals surface area contributed by atoms with Crippen LogP contribution >= 0.6 is 11.3 Å². The smallest absolute Gasteiger partial charge is 0.256 e. The summed E-state index contributed by atoms with van der Waals surface area (Å²) in [6.07, 6.45) is -0.396. The second kappa shape index (κ2) is 5.20. The summed E-state index contributed by atoms with van der Waals surface area (Å²) in [6.45, 7) is 0. The zero-order valence-electron chi connectivity index (χ0n) is 11.7. The van der Waals surface area contributed by atoms with Gasteiger partial charge in [-0.05, 0) is 17.7 Å². The van der Waals surface area contributed by atoms with Crippen LogP contribution in [-0.2, 0) is 22.7 Å². The van der Waals surface area contributed by atoms with E-state index in [9.17, 15) is 26.0 Å². The van der Waals surface area contributed by atoms with Crippen LogP contribution in [0, 0.1) is 11.6 Å². The lowest BCUT2D eigenvalue weighted by Gasteiger charge is -2.09. The average molecular weight is 366 g/mol. The Morgan fingerprint density at radius 1 is 1.13 bits per heavy atom. The highest BCUT2D eigenvalue weighted by Gasteiger charge is 2.44. The van der Waals surface area contributed by atoms with E-state index in [4.69, 9.17) is 4.74 Å². The van der Waals surface area contributed by atoms with Crippen LogP contribution in [0.4, 0.5) is 17.6 Å². The lowest BCUT2D eigenvalue weighted by atomic mass is 10.2. The Bertz CT molecular complexity index is 888. The van der Waals surface area contributed by atoms with Gasteiger partial charge in [0.1, 0.15) is 9.96 Å². The lowest BCUT2D eigenvalue weighted by molar-refractivity contribution is 0.0125. The predicted octanol–water partition coefficient (Wildman–Crippen LogP) is 3.96. The van der Waals surface area contributed by atoms with Crippen LogP contribution in [0.3, 0.4) is 0 Å². The summed E-state index contributed by atoms with van der Waals surface area (Å²) in [5, 5.41) is -0.0383. The maximum Gasteiger partial charge on any atom is 0.256 e. The lowest BCUT2D eigenvalue weighted by Crippen LogP contribution is -2.15. The molecule has 9 heteroatoms. The van der Waals surface area contributed by atoms with Crippen LogP contribution in [0.1, 0.15) is 11.1 Å². The zero-order valence-corrected chi connectivity index (χ0v) is 13.3. The van der Waals surface area contributed by atoms with Gasteiger partial charge in [0, 0.05) is 30.7 Å². The monoisotopic (exact) mass is 366 g/mol. The number of hydrogen-bond donors (Lipinski definition) is 0. The number of ether oxygens (including phenoxy) is 1. The topological polar surface area (TPSA) is 43.4 Å². The van der Waals surface area contributed by atoms with Crippen LogP contribution in [0.2, 0.25) is 0 Å². The fourth-order valence-corrected chi connectivity index (χ4v) is 4.84. The molecular weight excluding hydrogens is 356 g/mol. The zero-order chi connectivity index (χ0) is 17.0. The molecule has 0 radical (unpaired) electrons. The van der Waals surface area contributed by atoms with E-state index in [1.807, 2.05) is 0 Å². The number of alkyl halides is 2. The van der Waals surface area contributed by atoms with Crippen molar-refractivity contribution < 1.29 is 30.7 Å². The van der Waals surface area contributed by atoms with E-state index in [-0.39, 0.29) is 26.1 Å². The minimum Gasteiger partial charge on any atom is -0.446 e. The van der Waals surface area contributed by atoms with Crippen molar-refractivity contribution in [3.8, 4) is 10.8 Å². The van der Waals surface area contributed by atoms with Gasteiger partial charge in [-0.2, -0.15) is 0 Å². The van der Waals surface area contributed by atoms with Crippen molar-refractivity contribution in [3.63, 3.8) is 0 Å². The van der Waals surface area contributed by atoms with Crippen molar-refractivity contribution in [2.24, 2.45) is 0 Å². The number of fused-ring (bicyclic) bond motifs is 1. The number of rotatable bonds is 3. The molecule has 124 valence electrons. The van der Waals surface area contributed by atoms with Gasteiger partial charge in [0.25, 0.3) is 5.92 Å². The fraction of sp³-hybridized carbons (Fsp3) is 0.286. The highest BCUT2D eigenvalue weighted by molar-refractivity contribution is 7.92. The molecule has 3 rings (SSSR count). The van der Waals surface area contributed by atoms with Crippen molar-refractivity contribution in [2.75, 3.05) is 6.26 Å². The Kier molecular flexibility index (Phi) is 3.68. The summed E-state index contributed by atoms with van der Waals surface area (Å²) in [5.41, 5.74) is 0.144. The van der Waals surface area contributed by atoms with Gasteiger partial charge in [-0.1, -0.05) is 11.3 Å². The highest BCUT2D eigenvalue weighted by atomic mass is 32.2. The Balaban J connectivity index is 2.05. The van der Waals surface area contributed by atoms with Crippen molar-refractivity contribution in [2.45, 2.75) is 23.0 Å². The minimum absolute atomic E-state index is 0.0383. The summed E-state index contributed by atoms with van der Waals surface area (Å²) in [5.74, 6) is -5.37. The number of benzene rings is 1. The van der Waals surface area contributed by atoms with Gasteiger partial charge in [-0.15, -0.1) is 0 Å². The van der Waals surface area contributed by atoms with Gasteiger partial charge in [0.05, 0.1) is 0 Å². The van der Waals surface area contributed by atoms with Crippen LogP contribution in [-0.4, -0.2) is 20.6 Å². The number of thiophene rings is 1. The fourth-order valence-electron chi connectivity index (χ4n) is 2.42. The Hall–Kier alpha value is -1.61. The van der Waals surface area contributed by atoms with E-state index in [0.29, 0.717) is 11.3 Å².